The molecular weight excluding hydrogens is 506 g/mol. The molecule has 2 aliphatic rings. The molecule has 0 bridgehead atoms. The van der Waals surface area contributed by atoms with Crippen LogP contribution in [0, 0.1) is 0 Å². The van der Waals surface area contributed by atoms with Gasteiger partial charge in [0.05, 0.1) is 34.2 Å². The van der Waals surface area contributed by atoms with E-state index in [1.165, 1.54) is 35.2 Å². The molecule has 2 aliphatic heterocycles. The molecule has 2 heterocycles. The van der Waals surface area contributed by atoms with Crippen LogP contribution in [0.4, 0.5) is 10.5 Å². The van der Waals surface area contributed by atoms with Crippen molar-refractivity contribution in [2.45, 2.75) is 23.3 Å². The molecule has 1 saturated heterocycles. The number of carbonyl (C=O) groups is 3. The van der Waals surface area contributed by atoms with Crippen LogP contribution in [0.5, 0.6) is 0 Å². The van der Waals surface area contributed by atoms with Gasteiger partial charge in [-0.05, 0) is 42.8 Å². The monoisotopic (exact) mass is 533 g/mol. The summed E-state index contributed by atoms with van der Waals surface area (Å²) in [6.45, 7) is 3.43. The first kappa shape index (κ1) is 25.5. The predicted molar refractivity (Wildman–Crippen MR) is 140 cm³/mol. The summed E-state index contributed by atoms with van der Waals surface area (Å²) in [6, 6.07) is 19.8. The Morgan fingerprint density at radius 3 is 2.21 bits per heavy atom. The average Bonchev–Trinajstić information content (AvgIpc) is 3.01. The minimum atomic E-state index is -4.03. The fraction of sp³-hybridized carbons (Fsp3) is 0.250. The predicted octanol–water partition coefficient (Wildman–Crippen LogP) is 3.59. The first-order valence-corrected chi connectivity index (χ1v) is 13.8. The highest BCUT2D eigenvalue weighted by Gasteiger charge is 2.36. The molecule has 0 radical (unpaired) electrons. The number of hydrogen-bond donors (Lipinski definition) is 0. The summed E-state index contributed by atoms with van der Waals surface area (Å²) >= 11 is 0. The molecule has 0 unspecified atom stereocenters. The van der Waals surface area contributed by atoms with Crippen LogP contribution in [0.2, 0.25) is 0 Å². The molecule has 0 N–H and O–H groups in total. The van der Waals surface area contributed by atoms with Crippen molar-refractivity contribution in [3.05, 3.63) is 89.5 Å². The lowest BCUT2D eigenvalue weighted by atomic mass is 10.1. The quantitative estimate of drug-likeness (QED) is 0.508. The van der Waals surface area contributed by atoms with Gasteiger partial charge in [0.25, 0.3) is 11.8 Å². The van der Waals surface area contributed by atoms with Crippen molar-refractivity contribution in [2.24, 2.45) is 0 Å². The molecule has 0 saturated carbocycles. The summed E-state index contributed by atoms with van der Waals surface area (Å²) in [5.74, 6) is -0.762. The standard InChI is InChI=1S/C28H27N3O6S/c1-2-37-28(34)30-16-14-29(15-17-30)26(32)21-12-13-25-23(18-21)31(19-20-8-4-3-5-9-20)27(33)22-10-6-7-11-24(22)38(25,35)36/h3-13,18H,2,14-17,19H2,1H3. The molecule has 3 amide bonds. The van der Waals surface area contributed by atoms with Crippen molar-refractivity contribution in [2.75, 3.05) is 37.7 Å². The molecule has 1 fully saturated rings. The lowest BCUT2D eigenvalue weighted by Gasteiger charge is -2.34. The summed E-state index contributed by atoms with van der Waals surface area (Å²) in [6.07, 6.45) is -0.413. The first-order chi connectivity index (χ1) is 18.3. The van der Waals surface area contributed by atoms with E-state index in [2.05, 4.69) is 0 Å². The van der Waals surface area contributed by atoms with E-state index in [-0.39, 0.29) is 45.7 Å². The number of nitrogens with zero attached hydrogens (tertiary/aromatic N) is 3. The highest BCUT2D eigenvalue weighted by Crippen LogP contribution is 2.38. The van der Waals surface area contributed by atoms with Gasteiger partial charge in [-0.3, -0.25) is 9.59 Å². The Kier molecular flexibility index (Phi) is 6.90. The van der Waals surface area contributed by atoms with Crippen molar-refractivity contribution in [1.82, 2.24) is 9.80 Å². The molecule has 0 aromatic heterocycles. The number of hydrogen-bond acceptors (Lipinski definition) is 6. The summed E-state index contributed by atoms with van der Waals surface area (Å²) in [5, 5.41) is 0. The lowest BCUT2D eigenvalue weighted by molar-refractivity contribution is 0.0570. The summed E-state index contributed by atoms with van der Waals surface area (Å²) < 4.78 is 32.4. The molecule has 3 aromatic rings. The third-order valence-electron chi connectivity index (χ3n) is 6.71. The third kappa shape index (κ3) is 4.63. The van der Waals surface area contributed by atoms with Gasteiger partial charge in [-0.2, -0.15) is 0 Å². The second kappa shape index (κ2) is 10.3. The maximum Gasteiger partial charge on any atom is 0.409 e. The Hall–Kier alpha value is -4.18. The summed E-state index contributed by atoms with van der Waals surface area (Å²) in [5.41, 5.74) is 1.32. The molecule has 5 rings (SSSR count). The van der Waals surface area contributed by atoms with E-state index in [1.54, 1.807) is 28.9 Å². The fourth-order valence-corrected chi connectivity index (χ4v) is 6.38. The Morgan fingerprint density at radius 2 is 1.50 bits per heavy atom. The van der Waals surface area contributed by atoms with Gasteiger partial charge in [-0.15, -0.1) is 0 Å². The van der Waals surface area contributed by atoms with Crippen molar-refractivity contribution in [1.29, 1.82) is 0 Å². The SMILES string of the molecule is CCOC(=O)N1CCN(C(=O)c2ccc3c(c2)N(Cc2ccccc2)C(=O)c2ccccc2S3(=O)=O)CC1. The van der Waals surface area contributed by atoms with Crippen molar-refractivity contribution in [3.8, 4) is 0 Å². The van der Waals surface area contributed by atoms with Crippen molar-refractivity contribution < 1.29 is 27.5 Å². The van der Waals surface area contributed by atoms with Gasteiger partial charge < -0.3 is 19.4 Å². The van der Waals surface area contributed by atoms with Gasteiger partial charge in [0, 0.05) is 31.7 Å². The van der Waals surface area contributed by atoms with Crippen molar-refractivity contribution in [3.63, 3.8) is 0 Å². The van der Waals surface area contributed by atoms with E-state index in [1.807, 2.05) is 30.3 Å². The zero-order valence-corrected chi connectivity index (χ0v) is 21.7. The molecule has 3 aromatic carbocycles. The Morgan fingerprint density at radius 1 is 0.842 bits per heavy atom. The number of sulfone groups is 1. The van der Waals surface area contributed by atoms with Gasteiger partial charge in [-0.25, -0.2) is 13.2 Å². The minimum absolute atomic E-state index is 0.0320. The van der Waals surface area contributed by atoms with Crippen LogP contribution >= 0.6 is 0 Å². The Labute approximate surface area is 221 Å². The third-order valence-corrected chi connectivity index (χ3v) is 8.57. The average molecular weight is 534 g/mol. The smallest absolute Gasteiger partial charge is 0.409 e. The van der Waals surface area contributed by atoms with Gasteiger partial charge >= 0.3 is 6.09 Å². The second-order valence-corrected chi connectivity index (χ2v) is 10.9. The topological polar surface area (TPSA) is 104 Å². The van der Waals surface area contributed by atoms with Crippen LogP contribution in [-0.4, -0.2) is 68.9 Å². The zero-order chi connectivity index (χ0) is 26.9. The van der Waals surface area contributed by atoms with Crippen LogP contribution in [-0.2, 0) is 21.1 Å². The van der Waals surface area contributed by atoms with E-state index < -0.39 is 21.8 Å². The van der Waals surface area contributed by atoms with Crippen LogP contribution in [0.3, 0.4) is 0 Å². The maximum absolute atomic E-state index is 13.7. The second-order valence-electron chi connectivity index (χ2n) is 9.04. The number of ether oxygens (including phenoxy) is 1. The highest BCUT2D eigenvalue weighted by atomic mass is 32.2. The number of benzene rings is 3. The number of carbonyl (C=O) groups excluding carboxylic acids is 3. The molecule has 196 valence electrons. The summed E-state index contributed by atoms with van der Waals surface area (Å²) in [7, 11) is -4.03. The van der Waals surface area contributed by atoms with Crippen LogP contribution in [0.25, 0.3) is 0 Å². The Bertz CT molecular complexity index is 1500. The van der Waals surface area contributed by atoms with E-state index >= 15 is 0 Å². The fourth-order valence-electron chi connectivity index (χ4n) is 4.75. The molecule has 9 nitrogen and oxygen atoms in total. The van der Waals surface area contributed by atoms with E-state index in [4.69, 9.17) is 4.74 Å². The van der Waals surface area contributed by atoms with E-state index in [0.717, 1.165) is 5.56 Å². The molecule has 10 heteroatoms. The molecule has 0 aliphatic carbocycles. The largest absolute Gasteiger partial charge is 0.450 e. The molecule has 0 atom stereocenters. The maximum atomic E-state index is 13.7. The van der Waals surface area contributed by atoms with Crippen LogP contribution in [0.1, 0.15) is 33.2 Å². The zero-order valence-electron chi connectivity index (χ0n) is 20.9. The van der Waals surface area contributed by atoms with Crippen LogP contribution in [0.15, 0.2) is 82.6 Å². The van der Waals surface area contributed by atoms with Crippen molar-refractivity contribution >= 4 is 33.4 Å². The number of fused-ring (bicyclic) bond motifs is 2. The van der Waals surface area contributed by atoms with Gasteiger partial charge in [0.1, 0.15) is 0 Å². The number of rotatable bonds is 4. The number of piperazine rings is 1. The van der Waals surface area contributed by atoms with Gasteiger partial charge in [-0.1, -0.05) is 42.5 Å². The van der Waals surface area contributed by atoms with Crippen LogP contribution < -0.4 is 4.90 Å². The van der Waals surface area contributed by atoms with Gasteiger partial charge in [0.2, 0.25) is 9.84 Å². The normalized spacial score (nSPS) is 16.3. The molecule has 38 heavy (non-hydrogen) atoms. The Balaban J connectivity index is 1.52. The van der Waals surface area contributed by atoms with Gasteiger partial charge in [0.15, 0.2) is 0 Å². The highest BCUT2D eigenvalue weighted by molar-refractivity contribution is 7.91. The van der Waals surface area contributed by atoms with E-state index in [0.29, 0.717) is 26.2 Å². The molecule has 0 spiro atoms. The number of anilines is 1. The lowest BCUT2D eigenvalue weighted by Crippen LogP contribution is -2.50. The first-order valence-electron chi connectivity index (χ1n) is 12.4. The number of amides is 3. The summed E-state index contributed by atoms with van der Waals surface area (Å²) in [4.78, 5) is 43.7. The minimum Gasteiger partial charge on any atom is -0.450 e. The van der Waals surface area contributed by atoms with E-state index in [9.17, 15) is 22.8 Å². The molecular formula is C28H27N3O6S.